The third-order valence-corrected chi connectivity index (χ3v) is 2.75. The Labute approximate surface area is 124 Å². The van der Waals surface area contributed by atoms with Crippen LogP contribution in [0.3, 0.4) is 0 Å². The van der Waals surface area contributed by atoms with Gasteiger partial charge in [0.15, 0.2) is 6.10 Å². The third-order valence-electron chi connectivity index (χ3n) is 2.75. The van der Waals surface area contributed by atoms with E-state index < -0.39 is 29.7 Å². The standard InChI is InChI=1S/C14H15F3N2O3/c1-13(2,3)22-12(21)19-9-7-5-4-6-8(9)10(18-19)11(20)14(15,16)17/h4-7,11,20H,1-3H3. The Kier molecular flexibility index (Phi) is 3.90. The molecule has 120 valence electrons. The minimum Gasteiger partial charge on any atom is -0.442 e. The van der Waals surface area contributed by atoms with Crippen molar-refractivity contribution in [3.8, 4) is 0 Å². The molecule has 1 unspecified atom stereocenters. The molecule has 0 spiro atoms. The summed E-state index contributed by atoms with van der Waals surface area (Å²) in [6.45, 7) is 4.88. The number of rotatable bonds is 1. The van der Waals surface area contributed by atoms with Gasteiger partial charge in [-0.05, 0) is 26.8 Å². The molecule has 1 aromatic carbocycles. The van der Waals surface area contributed by atoms with E-state index in [9.17, 15) is 23.1 Å². The van der Waals surface area contributed by atoms with E-state index in [0.717, 1.165) is 4.68 Å². The molecule has 1 heterocycles. The van der Waals surface area contributed by atoms with Gasteiger partial charge in [-0.3, -0.25) is 0 Å². The molecule has 8 heteroatoms. The SMILES string of the molecule is CC(C)(C)OC(=O)n1nc(C(O)C(F)(F)F)c2ccccc21. The first-order valence-electron chi connectivity index (χ1n) is 6.46. The summed E-state index contributed by atoms with van der Waals surface area (Å²) in [7, 11) is 0. The molecule has 5 nitrogen and oxygen atoms in total. The summed E-state index contributed by atoms with van der Waals surface area (Å²) in [4.78, 5) is 12.1. The Morgan fingerprint density at radius 3 is 2.41 bits per heavy atom. The van der Waals surface area contributed by atoms with E-state index in [1.807, 2.05) is 0 Å². The smallest absolute Gasteiger partial charge is 0.435 e. The van der Waals surface area contributed by atoms with Crippen molar-refractivity contribution in [2.45, 2.75) is 38.7 Å². The Balaban J connectivity index is 2.56. The molecule has 0 saturated heterocycles. The van der Waals surface area contributed by atoms with Crippen LogP contribution in [0.5, 0.6) is 0 Å². The van der Waals surface area contributed by atoms with Crippen molar-refractivity contribution in [3.05, 3.63) is 30.0 Å². The summed E-state index contributed by atoms with van der Waals surface area (Å²) in [5, 5.41) is 13.1. The zero-order chi connectivity index (χ0) is 16.7. The third kappa shape index (κ3) is 3.22. The molecular formula is C14H15F3N2O3. The van der Waals surface area contributed by atoms with Crippen LogP contribution in [-0.2, 0) is 4.74 Å². The molecule has 0 saturated carbocycles. The maximum atomic E-state index is 12.7. The summed E-state index contributed by atoms with van der Waals surface area (Å²) >= 11 is 0. The predicted molar refractivity (Wildman–Crippen MR) is 72.4 cm³/mol. The number of nitrogens with zero attached hydrogens (tertiary/aromatic N) is 2. The first kappa shape index (κ1) is 16.3. The summed E-state index contributed by atoms with van der Waals surface area (Å²) in [5.41, 5.74) is -1.32. The highest BCUT2D eigenvalue weighted by Crippen LogP contribution is 2.35. The van der Waals surface area contributed by atoms with Crippen LogP contribution in [-0.4, -0.2) is 32.8 Å². The Bertz CT molecular complexity index is 701. The number of aliphatic hydroxyl groups excluding tert-OH is 1. The number of fused-ring (bicyclic) bond motifs is 1. The number of hydrogen-bond acceptors (Lipinski definition) is 4. The van der Waals surface area contributed by atoms with E-state index in [4.69, 9.17) is 4.74 Å². The molecule has 0 aliphatic rings. The maximum Gasteiger partial charge on any atom is 0.435 e. The van der Waals surface area contributed by atoms with Crippen molar-refractivity contribution in [2.75, 3.05) is 0 Å². The average Bonchev–Trinajstić information content (AvgIpc) is 2.74. The van der Waals surface area contributed by atoms with Gasteiger partial charge < -0.3 is 9.84 Å². The van der Waals surface area contributed by atoms with Gasteiger partial charge in [0.2, 0.25) is 0 Å². The minimum absolute atomic E-state index is 0.0400. The average molecular weight is 316 g/mol. The quantitative estimate of drug-likeness (QED) is 0.875. The fraction of sp³-hybridized carbons (Fsp3) is 0.429. The summed E-state index contributed by atoms with van der Waals surface area (Å²) in [6, 6.07) is 5.83. The highest BCUT2D eigenvalue weighted by Gasteiger charge is 2.42. The van der Waals surface area contributed by atoms with Crippen LogP contribution in [0, 0.1) is 0 Å². The van der Waals surface area contributed by atoms with E-state index in [1.165, 1.54) is 18.2 Å². The van der Waals surface area contributed by atoms with Gasteiger partial charge in [-0.1, -0.05) is 18.2 Å². The normalized spacial score (nSPS) is 14.1. The molecule has 0 aliphatic heterocycles. The zero-order valence-corrected chi connectivity index (χ0v) is 12.2. The first-order valence-corrected chi connectivity index (χ1v) is 6.46. The van der Waals surface area contributed by atoms with Gasteiger partial charge in [0.05, 0.1) is 5.52 Å². The number of carbonyl (C=O) groups is 1. The van der Waals surface area contributed by atoms with Crippen molar-refractivity contribution in [2.24, 2.45) is 0 Å². The fourth-order valence-corrected chi connectivity index (χ4v) is 1.89. The van der Waals surface area contributed by atoms with Crippen molar-refractivity contribution >= 4 is 17.0 Å². The second kappa shape index (κ2) is 5.28. The lowest BCUT2D eigenvalue weighted by Crippen LogP contribution is -2.28. The topological polar surface area (TPSA) is 64.4 Å². The fourth-order valence-electron chi connectivity index (χ4n) is 1.89. The lowest BCUT2D eigenvalue weighted by molar-refractivity contribution is -0.207. The molecule has 0 fully saturated rings. The number of para-hydroxylation sites is 1. The lowest BCUT2D eigenvalue weighted by Gasteiger charge is -2.19. The molecule has 0 amide bonds. The lowest BCUT2D eigenvalue weighted by atomic mass is 10.1. The number of ether oxygens (including phenoxy) is 1. The number of benzene rings is 1. The molecule has 0 bridgehead atoms. The maximum absolute atomic E-state index is 12.7. The van der Waals surface area contributed by atoms with E-state index in [-0.39, 0.29) is 10.9 Å². The van der Waals surface area contributed by atoms with Crippen molar-refractivity contribution in [3.63, 3.8) is 0 Å². The summed E-state index contributed by atoms with van der Waals surface area (Å²) < 4.78 is 44.0. The van der Waals surface area contributed by atoms with Crippen LogP contribution in [0.1, 0.15) is 32.6 Å². The predicted octanol–water partition coefficient (Wildman–Crippen LogP) is 3.42. The van der Waals surface area contributed by atoms with E-state index in [0.29, 0.717) is 0 Å². The molecule has 22 heavy (non-hydrogen) atoms. The van der Waals surface area contributed by atoms with Gasteiger partial charge in [0.25, 0.3) is 0 Å². The van der Waals surface area contributed by atoms with Crippen LogP contribution in [0.15, 0.2) is 24.3 Å². The number of hydrogen-bond donors (Lipinski definition) is 1. The highest BCUT2D eigenvalue weighted by atomic mass is 19.4. The van der Waals surface area contributed by atoms with Crippen molar-refractivity contribution in [1.82, 2.24) is 9.78 Å². The van der Waals surface area contributed by atoms with Crippen LogP contribution in [0.4, 0.5) is 18.0 Å². The summed E-state index contributed by atoms with van der Waals surface area (Å²) in [5.74, 6) is 0. The largest absolute Gasteiger partial charge is 0.442 e. The number of aliphatic hydroxyl groups is 1. The van der Waals surface area contributed by atoms with Crippen LogP contribution >= 0.6 is 0 Å². The number of alkyl halides is 3. The van der Waals surface area contributed by atoms with E-state index in [2.05, 4.69) is 5.10 Å². The van der Waals surface area contributed by atoms with Crippen LogP contribution in [0.2, 0.25) is 0 Å². The summed E-state index contributed by atoms with van der Waals surface area (Å²) in [6.07, 6.45) is -8.57. The van der Waals surface area contributed by atoms with Gasteiger partial charge in [-0.15, -0.1) is 0 Å². The van der Waals surface area contributed by atoms with Gasteiger partial charge in [-0.25, -0.2) is 4.79 Å². The number of halogens is 3. The van der Waals surface area contributed by atoms with Crippen molar-refractivity contribution < 1.29 is 27.8 Å². The van der Waals surface area contributed by atoms with Crippen LogP contribution in [0.25, 0.3) is 10.9 Å². The van der Waals surface area contributed by atoms with E-state index in [1.54, 1.807) is 26.8 Å². The van der Waals surface area contributed by atoms with Gasteiger partial charge >= 0.3 is 12.3 Å². The second-order valence-electron chi connectivity index (χ2n) is 5.74. The molecule has 0 aliphatic carbocycles. The molecule has 2 aromatic rings. The minimum atomic E-state index is -4.88. The number of aromatic nitrogens is 2. The zero-order valence-electron chi connectivity index (χ0n) is 12.2. The monoisotopic (exact) mass is 316 g/mol. The molecule has 1 aromatic heterocycles. The Morgan fingerprint density at radius 1 is 1.27 bits per heavy atom. The van der Waals surface area contributed by atoms with Gasteiger partial charge in [0, 0.05) is 5.39 Å². The Hall–Kier alpha value is -2.09. The second-order valence-corrected chi connectivity index (χ2v) is 5.74. The van der Waals surface area contributed by atoms with E-state index >= 15 is 0 Å². The molecule has 0 radical (unpaired) electrons. The molecule has 1 N–H and O–H groups in total. The Morgan fingerprint density at radius 2 is 1.86 bits per heavy atom. The first-order chi connectivity index (χ1) is 10.0. The van der Waals surface area contributed by atoms with Crippen molar-refractivity contribution in [1.29, 1.82) is 0 Å². The van der Waals surface area contributed by atoms with Gasteiger partial charge in [0.1, 0.15) is 11.3 Å². The molecule has 1 atom stereocenters. The highest BCUT2D eigenvalue weighted by molar-refractivity contribution is 5.90. The van der Waals surface area contributed by atoms with Crippen LogP contribution < -0.4 is 0 Å². The molecule has 2 rings (SSSR count). The van der Waals surface area contributed by atoms with Gasteiger partial charge in [-0.2, -0.15) is 23.0 Å². The number of carbonyl (C=O) groups excluding carboxylic acids is 1. The molecular weight excluding hydrogens is 301 g/mol.